The highest BCUT2D eigenvalue weighted by atomic mass is 19.4. The van der Waals surface area contributed by atoms with Crippen LogP contribution in [0.3, 0.4) is 0 Å². The van der Waals surface area contributed by atoms with Crippen molar-refractivity contribution in [3.63, 3.8) is 0 Å². The van der Waals surface area contributed by atoms with E-state index in [0.29, 0.717) is 5.56 Å². The first-order valence-electron chi connectivity index (χ1n) is 5.73. The molecule has 0 aromatic heterocycles. The summed E-state index contributed by atoms with van der Waals surface area (Å²) >= 11 is 0. The molecule has 6 heteroatoms. The van der Waals surface area contributed by atoms with Gasteiger partial charge < -0.3 is 4.74 Å². The van der Waals surface area contributed by atoms with E-state index in [1.54, 1.807) is 12.1 Å². The summed E-state index contributed by atoms with van der Waals surface area (Å²) in [5.74, 6) is 0.184. The molecule has 3 nitrogen and oxygen atoms in total. The van der Waals surface area contributed by atoms with Crippen LogP contribution in [0.2, 0.25) is 0 Å². The molecule has 0 aliphatic heterocycles. The van der Waals surface area contributed by atoms with Crippen LogP contribution >= 0.6 is 0 Å². The molecule has 0 N–H and O–H groups in total. The summed E-state index contributed by atoms with van der Waals surface area (Å²) < 4.78 is 43.8. The molecule has 0 aliphatic carbocycles. The van der Waals surface area contributed by atoms with Crippen molar-refractivity contribution in [3.8, 4) is 23.6 Å². The molecule has 0 fully saturated rings. The van der Waals surface area contributed by atoms with E-state index in [0.717, 1.165) is 12.1 Å². The van der Waals surface area contributed by atoms with Crippen molar-refractivity contribution in [1.29, 1.82) is 10.5 Å². The topological polar surface area (TPSA) is 56.8 Å². The highest BCUT2D eigenvalue weighted by molar-refractivity contribution is 5.46. The van der Waals surface area contributed by atoms with Crippen LogP contribution in [-0.2, 0) is 6.18 Å². The first-order chi connectivity index (χ1) is 9.94. The largest absolute Gasteiger partial charge is 0.457 e. The Bertz CT molecular complexity index is 755. The molecule has 0 unspecified atom stereocenters. The molecular weight excluding hydrogens is 281 g/mol. The van der Waals surface area contributed by atoms with Gasteiger partial charge in [0.05, 0.1) is 28.8 Å². The van der Waals surface area contributed by atoms with Crippen LogP contribution in [0, 0.1) is 22.7 Å². The molecule has 0 heterocycles. The summed E-state index contributed by atoms with van der Waals surface area (Å²) in [6.45, 7) is 0. The Morgan fingerprint density at radius 2 is 1.62 bits per heavy atom. The first kappa shape index (κ1) is 14.4. The van der Waals surface area contributed by atoms with Crippen molar-refractivity contribution >= 4 is 0 Å². The predicted molar refractivity (Wildman–Crippen MR) is 67.4 cm³/mol. The number of alkyl halides is 3. The van der Waals surface area contributed by atoms with Gasteiger partial charge in [-0.05, 0) is 36.4 Å². The number of rotatable bonds is 2. The summed E-state index contributed by atoms with van der Waals surface area (Å²) in [6.07, 6.45) is -4.64. The quantitative estimate of drug-likeness (QED) is 0.830. The lowest BCUT2D eigenvalue weighted by molar-refractivity contribution is -0.137. The SMILES string of the molecule is N#Cc1cccc(Oc2ccc(C#N)c(C(F)(F)F)c2)c1. The Labute approximate surface area is 118 Å². The standard InChI is InChI=1S/C15H7F3N2O/c16-15(17,18)14-7-13(5-4-11(14)9-20)21-12-3-1-2-10(6-12)8-19/h1-7H. The minimum atomic E-state index is -4.64. The zero-order valence-corrected chi connectivity index (χ0v) is 10.5. The maximum Gasteiger partial charge on any atom is 0.417 e. The molecule has 0 atom stereocenters. The lowest BCUT2D eigenvalue weighted by atomic mass is 10.1. The third-order valence-corrected chi connectivity index (χ3v) is 2.62. The number of hydrogen-bond acceptors (Lipinski definition) is 3. The molecular formula is C15H7F3N2O. The Hall–Kier alpha value is -2.99. The van der Waals surface area contributed by atoms with Gasteiger partial charge in [0, 0.05) is 0 Å². The van der Waals surface area contributed by atoms with E-state index < -0.39 is 17.3 Å². The van der Waals surface area contributed by atoms with Gasteiger partial charge in [-0.25, -0.2) is 0 Å². The zero-order valence-electron chi connectivity index (χ0n) is 10.5. The van der Waals surface area contributed by atoms with Gasteiger partial charge in [-0.3, -0.25) is 0 Å². The molecule has 0 aliphatic rings. The zero-order chi connectivity index (χ0) is 15.5. The lowest BCUT2D eigenvalue weighted by Gasteiger charge is -2.11. The average molecular weight is 288 g/mol. The molecule has 2 aromatic carbocycles. The summed E-state index contributed by atoms with van der Waals surface area (Å²) in [5.41, 5.74) is -1.20. The molecule has 0 saturated heterocycles. The summed E-state index contributed by atoms with van der Waals surface area (Å²) in [5, 5.41) is 17.5. The fourth-order valence-electron chi connectivity index (χ4n) is 1.68. The van der Waals surface area contributed by atoms with Crippen LogP contribution in [-0.4, -0.2) is 0 Å². The predicted octanol–water partition coefficient (Wildman–Crippen LogP) is 4.24. The highest BCUT2D eigenvalue weighted by Gasteiger charge is 2.34. The van der Waals surface area contributed by atoms with E-state index >= 15 is 0 Å². The third kappa shape index (κ3) is 3.31. The van der Waals surface area contributed by atoms with E-state index in [1.165, 1.54) is 24.3 Å². The van der Waals surface area contributed by atoms with Crippen molar-refractivity contribution in [3.05, 3.63) is 59.2 Å². The average Bonchev–Trinajstić information content (AvgIpc) is 2.46. The van der Waals surface area contributed by atoms with Gasteiger partial charge in [-0.1, -0.05) is 6.07 Å². The second-order valence-corrected chi connectivity index (χ2v) is 4.06. The Kier molecular flexibility index (Phi) is 3.82. The van der Waals surface area contributed by atoms with Crippen molar-refractivity contribution < 1.29 is 17.9 Å². The van der Waals surface area contributed by atoms with E-state index in [9.17, 15) is 13.2 Å². The van der Waals surface area contributed by atoms with Crippen LogP contribution in [0.5, 0.6) is 11.5 Å². The number of halogens is 3. The fourth-order valence-corrected chi connectivity index (χ4v) is 1.68. The minimum absolute atomic E-state index is 0.0589. The summed E-state index contributed by atoms with van der Waals surface area (Å²) in [4.78, 5) is 0. The van der Waals surface area contributed by atoms with Crippen LogP contribution in [0.4, 0.5) is 13.2 Å². The Morgan fingerprint density at radius 3 is 2.24 bits per heavy atom. The number of ether oxygens (including phenoxy) is 1. The number of nitriles is 2. The molecule has 2 rings (SSSR count). The molecule has 21 heavy (non-hydrogen) atoms. The minimum Gasteiger partial charge on any atom is -0.457 e. The molecule has 0 amide bonds. The first-order valence-corrected chi connectivity index (χ1v) is 5.73. The maximum absolute atomic E-state index is 12.8. The van der Waals surface area contributed by atoms with E-state index in [-0.39, 0.29) is 11.5 Å². The van der Waals surface area contributed by atoms with Crippen LogP contribution < -0.4 is 4.74 Å². The maximum atomic E-state index is 12.8. The smallest absolute Gasteiger partial charge is 0.417 e. The van der Waals surface area contributed by atoms with Gasteiger partial charge >= 0.3 is 6.18 Å². The highest BCUT2D eigenvalue weighted by Crippen LogP contribution is 2.35. The van der Waals surface area contributed by atoms with Gasteiger partial charge in [0.2, 0.25) is 0 Å². The van der Waals surface area contributed by atoms with Crippen molar-refractivity contribution in [2.75, 3.05) is 0 Å². The number of hydrogen-bond donors (Lipinski definition) is 0. The molecule has 104 valence electrons. The van der Waals surface area contributed by atoms with Gasteiger partial charge in [-0.2, -0.15) is 23.7 Å². The van der Waals surface area contributed by atoms with Crippen LogP contribution in [0.25, 0.3) is 0 Å². The molecule has 2 aromatic rings. The summed E-state index contributed by atoms with van der Waals surface area (Å²) in [7, 11) is 0. The molecule has 0 saturated carbocycles. The molecule has 0 bridgehead atoms. The van der Waals surface area contributed by atoms with E-state index in [4.69, 9.17) is 15.3 Å². The number of benzene rings is 2. The second-order valence-electron chi connectivity index (χ2n) is 4.06. The van der Waals surface area contributed by atoms with Gasteiger partial charge in [0.1, 0.15) is 11.5 Å². The second kappa shape index (κ2) is 5.56. The van der Waals surface area contributed by atoms with Crippen molar-refractivity contribution in [1.82, 2.24) is 0 Å². The van der Waals surface area contributed by atoms with Gasteiger partial charge in [-0.15, -0.1) is 0 Å². The van der Waals surface area contributed by atoms with Crippen LogP contribution in [0.1, 0.15) is 16.7 Å². The summed E-state index contributed by atoms with van der Waals surface area (Å²) in [6, 6.07) is 12.5. The number of nitrogens with zero attached hydrogens (tertiary/aromatic N) is 2. The van der Waals surface area contributed by atoms with E-state index in [1.807, 2.05) is 6.07 Å². The molecule has 0 radical (unpaired) electrons. The molecule has 0 spiro atoms. The Morgan fingerprint density at radius 1 is 0.905 bits per heavy atom. The third-order valence-electron chi connectivity index (χ3n) is 2.62. The monoisotopic (exact) mass is 288 g/mol. The van der Waals surface area contributed by atoms with Gasteiger partial charge in [0.15, 0.2) is 0 Å². The van der Waals surface area contributed by atoms with Crippen molar-refractivity contribution in [2.24, 2.45) is 0 Å². The van der Waals surface area contributed by atoms with E-state index in [2.05, 4.69) is 0 Å². The fraction of sp³-hybridized carbons (Fsp3) is 0.0667. The van der Waals surface area contributed by atoms with Gasteiger partial charge in [0.25, 0.3) is 0 Å². The van der Waals surface area contributed by atoms with Crippen molar-refractivity contribution in [2.45, 2.75) is 6.18 Å². The van der Waals surface area contributed by atoms with Crippen LogP contribution in [0.15, 0.2) is 42.5 Å². The lowest BCUT2D eigenvalue weighted by Crippen LogP contribution is -2.07. The normalized spacial score (nSPS) is 10.5. The Balaban J connectivity index is 2.38.